The third kappa shape index (κ3) is 3.03. The van der Waals surface area contributed by atoms with Crippen LogP contribution in [0.5, 0.6) is 0 Å². The second kappa shape index (κ2) is 6.50. The van der Waals surface area contributed by atoms with E-state index in [1.165, 1.54) is 4.31 Å². The molecular formula is C22H20N2O4S. The monoisotopic (exact) mass is 408 g/mol. The zero-order valence-corrected chi connectivity index (χ0v) is 16.6. The third-order valence-electron chi connectivity index (χ3n) is 5.28. The standard InChI is InChI=1S/C22H20N2O4S/c1-29(26,27)24(21-12-16-10-11-22(21)28-16)14-15(25)13-23-19-8-4-2-6-17(19)18-7-3-5-9-20(18)23/h2-12,15,25H,13-14H2,1H3. The van der Waals surface area contributed by atoms with Gasteiger partial charge in [0.2, 0.25) is 10.0 Å². The van der Waals surface area contributed by atoms with Crippen LogP contribution in [0.15, 0.2) is 71.1 Å². The predicted molar refractivity (Wildman–Crippen MR) is 115 cm³/mol. The lowest BCUT2D eigenvalue weighted by molar-refractivity contribution is 0.166. The first-order valence-electron chi connectivity index (χ1n) is 9.35. The summed E-state index contributed by atoms with van der Waals surface area (Å²) in [7, 11) is -3.58. The van der Waals surface area contributed by atoms with Crippen molar-refractivity contribution in [1.29, 1.82) is 0 Å². The number of furan rings is 2. The minimum atomic E-state index is -3.58. The number of nitrogens with zero attached hydrogens (tertiary/aromatic N) is 2. The second-order valence-electron chi connectivity index (χ2n) is 7.32. The van der Waals surface area contributed by atoms with Gasteiger partial charge in [0.25, 0.3) is 0 Å². The Morgan fingerprint density at radius 3 is 2.14 bits per heavy atom. The molecule has 5 aromatic rings. The van der Waals surface area contributed by atoms with Crippen LogP contribution in [0, 0.1) is 0 Å². The number of fused-ring (bicyclic) bond motifs is 5. The van der Waals surface area contributed by atoms with Crippen molar-refractivity contribution < 1.29 is 17.9 Å². The van der Waals surface area contributed by atoms with E-state index in [-0.39, 0.29) is 13.1 Å². The molecule has 0 saturated heterocycles. The topological polar surface area (TPSA) is 75.7 Å². The van der Waals surface area contributed by atoms with Crippen molar-refractivity contribution in [2.24, 2.45) is 0 Å². The maximum absolute atomic E-state index is 12.4. The summed E-state index contributed by atoms with van der Waals surface area (Å²) in [4.78, 5) is 0. The van der Waals surface area contributed by atoms with Crippen molar-refractivity contribution in [3.63, 3.8) is 0 Å². The summed E-state index contributed by atoms with van der Waals surface area (Å²) in [5.41, 5.74) is 3.59. The molecule has 1 unspecified atom stereocenters. The van der Waals surface area contributed by atoms with Crippen LogP contribution in [-0.2, 0) is 16.6 Å². The van der Waals surface area contributed by atoms with Gasteiger partial charge in [-0.15, -0.1) is 0 Å². The first kappa shape index (κ1) is 18.0. The Hall–Kier alpha value is -3.03. The maximum Gasteiger partial charge on any atom is 0.232 e. The second-order valence-corrected chi connectivity index (χ2v) is 9.23. The highest BCUT2D eigenvalue weighted by atomic mass is 32.2. The zero-order chi connectivity index (χ0) is 20.2. The van der Waals surface area contributed by atoms with Crippen molar-refractivity contribution in [2.45, 2.75) is 12.6 Å². The summed E-state index contributed by atoms with van der Waals surface area (Å²) in [6.45, 7) is 0.218. The summed E-state index contributed by atoms with van der Waals surface area (Å²) < 4.78 is 33.6. The molecule has 0 fully saturated rings. The van der Waals surface area contributed by atoms with Gasteiger partial charge in [-0.1, -0.05) is 36.4 Å². The molecule has 7 heteroatoms. The Labute approximate surface area is 168 Å². The Balaban J connectivity index is 1.51. The predicted octanol–water partition coefficient (Wildman–Crippen LogP) is 3.81. The van der Waals surface area contributed by atoms with Crippen LogP contribution in [0.2, 0.25) is 0 Å². The molecule has 3 aromatic heterocycles. The lowest BCUT2D eigenvalue weighted by atomic mass is 10.2. The minimum absolute atomic E-state index is 0.0561. The molecule has 0 spiro atoms. The Bertz CT molecular complexity index is 1360. The summed E-state index contributed by atoms with van der Waals surface area (Å²) in [6, 6.07) is 21.3. The molecule has 1 atom stereocenters. The smallest absolute Gasteiger partial charge is 0.232 e. The molecule has 0 saturated carbocycles. The van der Waals surface area contributed by atoms with Crippen molar-refractivity contribution in [3.8, 4) is 0 Å². The van der Waals surface area contributed by atoms with E-state index in [2.05, 4.69) is 12.1 Å². The molecule has 148 valence electrons. The van der Waals surface area contributed by atoms with Crippen LogP contribution >= 0.6 is 0 Å². The SMILES string of the molecule is CS(=O)(=O)N(CC(O)Cn1c2ccccc2c2ccccc21)c1cc2ccc1o2. The summed E-state index contributed by atoms with van der Waals surface area (Å²) in [6.07, 6.45) is 0.237. The van der Waals surface area contributed by atoms with E-state index in [1.807, 2.05) is 41.0 Å². The maximum atomic E-state index is 12.4. The van der Waals surface area contributed by atoms with Crippen molar-refractivity contribution in [1.82, 2.24) is 4.57 Å². The number of hydrogen-bond acceptors (Lipinski definition) is 4. The molecule has 3 heterocycles. The van der Waals surface area contributed by atoms with Crippen LogP contribution in [0.25, 0.3) is 33.0 Å². The van der Waals surface area contributed by atoms with Crippen LogP contribution in [0.1, 0.15) is 0 Å². The third-order valence-corrected chi connectivity index (χ3v) is 6.42. The van der Waals surface area contributed by atoms with E-state index in [0.717, 1.165) is 28.1 Å². The van der Waals surface area contributed by atoms with Gasteiger partial charge in [-0.3, -0.25) is 4.31 Å². The number of anilines is 1. The van der Waals surface area contributed by atoms with Gasteiger partial charge in [0, 0.05) is 27.9 Å². The van der Waals surface area contributed by atoms with Gasteiger partial charge in [-0.2, -0.15) is 0 Å². The number of aromatic nitrogens is 1. The minimum Gasteiger partial charge on any atom is -0.455 e. The van der Waals surface area contributed by atoms with Gasteiger partial charge < -0.3 is 14.1 Å². The van der Waals surface area contributed by atoms with E-state index < -0.39 is 16.1 Å². The molecule has 0 amide bonds. The first-order valence-corrected chi connectivity index (χ1v) is 11.2. The molecular weight excluding hydrogens is 388 g/mol. The average molecular weight is 408 g/mol. The van der Waals surface area contributed by atoms with Crippen molar-refractivity contribution >= 4 is 48.7 Å². The number of benzene rings is 3. The molecule has 6 nitrogen and oxygen atoms in total. The van der Waals surface area contributed by atoms with E-state index in [1.54, 1.807) is 18.2 Å². The Morgan fingerprint density at radius 2 is 1.62 bits per heavy atom. The van der Waals surface area contributed by atoms with Crippen LogP contribution in [0.4, 0.5) is 5.69 Å². The Kier molecular flexibility index (Phi) is 4.04. The molecule has 0 aliphatic rings. The van der Waals surface area contributed by atoms with E-state index in [9.17, 15) is 13.5 Å². The number of sulfonamides is 1. The van der Waals surface area contributed by atoms with Gasteiger partial charge in [-0.25, -0.2) is 8.42 Å². The van der Waals surface area contributed by atoms with Gasteiger partial charge in [0.05, 0.1) is 31.1 Å². The molecule has 2 aromatic carbocycles. The average Bonchev–Trinajstić information content (AvgIpc) is 3.40. The molecule has 5 rings (SSSR count). The lowest BCUT2D eigenvalue weighted by Gasteiger charge is -2.24. The molecule has 0 aliphatic carbocycles. The largest absolute Gasteiger partial charge is 0.455 e. The van der Waals surface area contributed by atoms with Gasteiger partial charge in [-0.05, 0) is 24.3 Å². The van der Waals surface area contributed by atoms with Crippen LogP contribution in [0.3, 0.4) is 0 Å². The lowest BCUT2D eigenvalue weighted by Crippen LogP contribution is -2.38. The fraction of sp³-hybridized carbons (Fsp3) is 0.182. The van der Waals surface area contributed by atoms with Crippen LogP contribution in [-0.4, -0.2) is 37.0 Å². The van der Waals surface area contributed by atoms with E-state index in [0.29, 0.717) is 16.9 Å². The highest BCUT2D eigenvalue weighted by Crippen LogP contribution is 2.32. The molecule has 0 aliphatic heterocycles. The quantitative estimate of drug-likeness (QED) is 0.464. The van der Waals surface area contributed by atoms with E-state index >= 15 is 0 Å². The summed E-state index contributed by atoms with van der Waals surface area (Å²) in [5, 5.41) is 13.1. The normalized spacial score (nSPS) is 13.6. The number of para-hydroxylation sites is 2. The molecule has 2 bridgehead atoms. The summed E-state index contributed by atoms with van der Waals surface area (Å²) >= 11 is 0. The van der Waals surface area contributed by atoms with Crippen LogP contribution < -0.4 is 4.31 Å². The van der Waals surface area contributed by atoms with E-state index in [4.69, 9.17) is 4.42 Å². The zero-order valence-electron chi connectivity index (χ0n) is 15.8. The fourth-order valence-corrected chi connectivity index (χ4v) is 4.98. The number of aliphatic hydroxyl groups is 1. The van der Waals surface area contributed by atoms with Crippen molar-refractivity contribution in [2.75, 3.05) is 17.1 Å². The van der Waals surface area contributed by atoms with Crippen molar-refractivity contribution in [3.05, 3.63) is 66.7 Å². The first-order chi connectivity index (χ1) is 13.9. The number of rotatable bonds is 6. The van der Waals surface area contributed by atoms with Gasteiger partial charge >= 0.3 is 0 Å². The Morgan fingerprint density at radius 1 is 1.00 bits per heavy atom. The number of hydrogen-bond donors (Lipinski definition) is 1. The molecule has 0 radical (unpaired) electrons. The highest BCUT2D eigenvalue weighted by molar-refractivity contribution is 7.92. The number of aliphatic hydroxyl groups excluding tert-OH is 1. The highest BCUT2D eigenvalue weighted by Gasteiger charge is 2.26. The van der Waals surface area contributed by atoms with Gasteiger partial charge in [0.1, 0.15) is 5.58 Å². The fourth-order valence-electron chi connectivity index (χ4n) is 4.04. The molecule has 1 N–H and O–H groups in total. The molecule has 29 heavy (non-hydrogen) atoms. The van der Waals surface area contributed by atoms with Gasteiger partial charge in [0.15, 0.2) is 5.58 Å². The summed E-state index contributed by atoms with van der Waals surface area (Å²) in [5.74, 6) is 0.